The molecule has 104 valence electrons. The molecule has 1 aliphatic rings. The maximum Gasteiger partial charge on any atom is 0.224 e. The number of hydrogen-bond acceptors (Lipinski definition) is 3. The van der Waals surface area contributed by atoms with E-state index in [1.807, 2.05) is 25.1 Å². The van der Waals surface area contributed by atoms with Gasteiger partial charge in [-0.2, -0.15) is 0 Å². The monoisotopic (exact) mass is 298 g/mol. The van der Waals surface area contributed by atoms with E-state index in [1.54, 1.807) is 11.9 Å². The van der Waals surface area contributed by atoms with Gasteiger partial charge < -0.3 is 5.32 Å². The van der Waals surface area contributed by atoms with E-state index >= 15 is 0 Å². The summed E-state index contributed by atoms with van der Waals surface area (Å²) < 4.78 is 2.36. The Morgan fingerprint density at radius 1 is 1.37 bits per heavy atom. The molecule has 0 radical (unpaired) electrons. The van der Waals surface area contributed by atoms with E-state index in [9.17, 15) is 4.79 Å². The number of carbonyl (C=O) groups is 1. The van der Waals surface area contributed by atoms with Crippen LogP contribution in [0.15, 0.2) is 23.1 Å². The molecular weight excluding hydrogens is 280 g/mol. The third kappa shape index (κ3) is 4.41. The zero-order valence-electron chi connectivity index (χ0n) is 11.1. The van der Waals surface area contributed by atoms with Gasteiger partial charge >= 0.3 is 0 Å². The Kier molecular flexibility index (Phi) is 5.55. The Bertz CT molecular complexity index is 447. The normalized spacial score (nSPS) is 16.3. The summed E-state index contributed by atoms with van der Waals surface area (Å²) in [5.41, 5.74) is 0.764. The molecule has 1 amide bonds. The average molecular weight is 299 g/mol. The molecule has 0 atom stereocenters. The third-order valence-corrected chi connectivity index (χ3v) is 4.68. The van der Waals surface area contributed by atoms with Crippen LogP contribution >= 0.6 is 23.5 Å². The molecule has 3 nitrogen and oxygen atoms in total. The fourth-order valence-corrected chi connectivity index (χ4v) is 3.28. The number of carbonyl (C=O) groups excluding carboxylic acids is 1. The van der Waals surface area contributed by atoms with Crippen molar-refractivity contribution in [3.05, 3.63) is 23.2 Å². The van der Waals surface area contributed by atoms with Crippen molar-refractivity contribution in [3.8, 4) is 0 Å². The summed E-state index contributed by atoms with van der Waals surface area (Å²) in [6, 6.07) is 5.71. The minimum absolute atomic E-state index is 0.00694. The van der Waals surface area contributed by atoms with Gasteiger partial charge in [0.25, 0.3) is 0 Å². The van der Waals surface area contributed by atoms with E-state index in [2.05, 4.69) is 9.62 Å². The lowest BCUT2D eigenvalue weighted by atomic mass is 10.2. The summed E-state index contributed by atoms with van der Waals surface area (Å²) >= 11 is 7.99. The predicted molar refractivity (Wildman–Crippen MR) is 81.7 cm³/mol. The maximum atomic E-state index is 11.3. The molecule has 0 aromatic heterocycles. The highest BCUT2D eigenvalue weighted by atomic mass is 35.5. The quantitative estimate of drug-likeness (QED) is 0.846. The number of halogens is 1. The molecule has 0 aliphatic carbocycles. The van der Waals surface area contributed by atoms with Gasteiger partial charge in [0.1, 0.15) is 0 Å². The number of nitrogens with zero attached hydrogens (tertiary/aromatic N) is 1. The Hall–Kier alpha value is -0.710. The van der Waals surface area contributed by atoms with Gasteiger partial charge in [0.2, 0.25) is 5.91 Å². The van der Waals surface area contributed by atoms with Gasteiger partial charge in [-0.15, -0.1) is 0 Å². The van der Waals surface area contributed by atoms with Crippen molar-refractivity contribution in [1.82, 2.24) is 4.31 Å². The lowest BCUT2D eigenvalue weighted by Gasteiger charge is -2.25. The molecule has 1 saturated heterocycles. The van der Waals surface area contributed by atoms with E-state index in [0.717, 1.165) is 23.7 Å². The summed E-state index contributed by atoms with van der Waals surface area (Å²) in [7, 11) is 0. The van der Waals surface area contributed by atoms with Gasteiger partial charge in [-0.25, -0.2) is 4.31 Å². The molecular formula is C14H19ClN2OS. The van der Waals surface area contributed by atoms with Gasteiger partial charge in [0, 0.05) is 30.1 Å². The Morgan fingerprint density at radius 2 is 2.11 bits per heavy atom. The first kappa shape index (κ1) is 14.7. The van der Waals surface area contributed by atoms with E-state index in [-0.39, 0.29) is 5.91 Å². The molecule has 2 rings (SSSR count). The fraction of sp³-hybridized carbons (Fsp3) is 0.500. The van der Waals surface area contributed by atoms with Crippen molar-refractivity contribution < 1.29 is 4.79 Å². The molecule has 0 saturated carbocycles. The first-order chi connectivity index (χ1) is 9.19. The van der Waals surface area contributed by atoms with Crippen LogP contribution in [0.1, 0.15) is 32.6 Å². The zero-order chi connectivity index (χ0) is 13.7. The van der Waals surface area contributed by atoms with Gasteiger partial charge in [-0.05, 0) is 43.0 Å². The summed E-state index contributed by atoms with van der Waals surface area (Å²) in [6.45, 7) is 4.07. The van der Waals surface area contributed by atoms with E-state index in [4.69, 9.17) is 11.6 Å². The Balaban J connectivity index is 2.00. The molecule has 1 aliphatic heterocycles. The number of nitrogens with one attached hydrogen (secondary N) is 1. The Labute approximate surface area is 123 Å². The van der Waals surface area contributed by atoms with Crippen molar-refractivity contribution >= 4 is 35.1 Å². The molecule has 1 fully saturated rings. The smallest absolute Gasteiger partial charge is 0.224 e. The Morgan fingerprint density at radius 3 is 2.74 bits per heavy atom. The molecule has 0 unspecified atom stereocenters. The van der Waals surface area contributed by atoms with Crippen molar-refractivity contribution in [2.75, 3.05) is 18.4 Å². The van der Waals surface area contributed by atoms with E-state index in [1.165, 1.54) is 19.3 Å². The van der Waals surface area contributed by atoms with Gasteiger partial charge in [-0.1, -0.05) is 24.9 Å². The van der Waals surface area contributed by atoms with E-state index in [0.29, 0.717) is 11.4 Å². The molecule has 0 spiro atoms. The number of piperidine rings is 1. The molecule has 19 heavy (non-hydrogen) atoms. The molecule has 1 N–H and O–H groups in total. The molecule has 5 heteroatoms. The van der Waals surface area contributed by atoms with Crippen LogP contribution in [0.3, 0.4) is 0 Å². The predicted octanol–water partition coefficient (Wildman–Crippen LogP) is 4.18. The summed E-state index contributed by atoms with van der Waals surface area (Å²) in [4.78, 5) is 12.4. The summed E-state index contributed by atoms with van der Waals surface area (Å²) in [5.74, 6) is 0.00694. The van der Waals surface area contributed by atoms with Crippen LogP contribution in [0, 0.1) is 0 Å². The minimum Gasteiger partial charge on any atom is -0.326 e. The lowest BCUT2D eigenvalue weighted by Crippen LogP contribution is -2.22. The average Bonchev–Trinajstić information content (AvgIpc) is 2.43. The van der Waals surface area contributed by atoms with Crippen molar-refractivity contribution in [2.45, 2.75) is 37.5 Å². The second-order valence-corrected chi connectivity index (χ2v) is 6.17. The van der Waals surface area contributed by atoms with Crippen LogP contribution in [-0.2, 0) is 4.79 Å². The van der Waals surface area contributed by atoms with Crippen molar-refractivity contribution in [2.24, 2.45) is 0 Å². The van der Waals surface area contributed by atoms with Gasteiger partial charge in [-0.3, -0.25) is 4.79 Å². The molecule has 1 aromatic rings. The maximum absolute atomic E-state index is 11.3. The number of anilines is 1. The van der Waals surface area contributed by atoms with Gasteiger partial charge in [0.05, 0.1) is 5.02 Å². The third-order valence-electron chi connectivity index (χ3n) is 3.08. The van der Waals surface area contributed by atoms with Crippen LogP contribution in [0.5, 0.6) is 0 Å². The number of rotatable bonds is 4. The first-order valence-corrected chi connectivity index (χ1v) is 7.86. The second-order valence-electron chi connectivity index (χ2n) is 4.63. The first-order valence-electron chi connectivity index (χ1n) is 6.71. The van der Waals surface area contributed by atoms with E-state index < -0.39 is 0 Å². The minimum atomic E-state index is 0.00694. The number of hydrogen-bond donors (Lipinski definition) is 1. The van der Waals surface area contributed by atoms with Crippen LogP contribution in [0.4, 0.5) is 5.69 Å². The second kappa shape index (κ2) is 7.17. The number of benzene rings is 1. The SMILES string of the molecule is CCC(=O)Nc1ccc(SN2CCCCC2)c(Cl)c1. The highest BCUT2D eigenvalue weighted by Gasteiger charge is 2.13. The highest BCUT2D eigenvalue weighted by molar-refractivity contribution is 7.97. The summed E-state index contributed by atoms with van der Waals surface area (Å²) in [5, 5.41) is 3.52. The lowest BCUT2D eigenvalue weighted by molar-refractivity contribution is -0.115. The number of amides is 1. The highest BCUT2D eigenvalue weighted by Crippen LogP contribution is 2.33. The fourth-order valence-electron chi connectivity index (χ4n) is 2.00. The van der Waals surface area contributed by atoms with Crippen molar-refractivity contribution in [1.29, 1.82) is 0 Å². The molecule has 1 heterocycles. The molecule has 0 bridgehead atoms. The largest absolute Gasteiger partial charge is 0.326 e. The topological polar surface area (TPSA) is 32.3 Å². The summed E-state index contributed by atoms with van der Waals surface area (Å²) in [6.07, 6.45) is 4.32. The molecule has 1 aromatic carbocycles. The van der Waals surface area contributed by atoms with Crippen LogP contribution < -0.4 is 5.32 Å². The van der Waals surface area contributed by atoms with Gasteiger partial charge in [0.15, 0.2) is 0 Å². The standard InChI is InChI=1S/C14H19ClN2OS/c1-2-14(18)16-11-6-7-13(12(15)10-11)19-17-8-4-3-5-9-17/h6-7,10H,2-5,8-9H2,1H3,(H,16,18). The van der Waals surface area contributed by atoms with Crippen LogP contribution in [0.2, 0.25) is 5.02 Å². The zero-order valence-corrected chi connectivity index (χ0v) is 12.7. The van der Waals surface area contributed by atoms with Crippen LogP contribution in [-0.4, -0.2) is 23.3 Å². The van der Waals surface area contributed by atoms with Crippen LogP contribution in [0.25, 0.3) is 0 Å². The van der Waals surface area contributed by atoms with Crippen molar-refractivity contribution in [3.63, 3.8) is 0 Å².